The zero-order chi connectivity index (χ0) is 22.1. The number of rotatable bonds is 7. The Morgan fingerprint density at radius 1 is 1.12 bits per heavy atom. The fourth-order valence-corrected chi connectivity index (χ4v) is 5.33. The molecule has 2 fully saturated rings. The minimum atomic E-state index is 0.0429. The fourth-order valence-electron chi connectivity index (χ4n) is 5.33. The highest BCUT2D eigenvalue weighted by molar-refractivity contribution is 5.94. The quantitative estimate of drug-likeness (QED) is 0.717. The summed E-state index contributed by atoms with van der Waals surface area (Å²) in [6.45, 7) is 10.9. The summed E-state index contributed by atoms with van der Waals surface area (Å²) in [5.74, 6) is 3.63. The summed E-state index contributed by atoms with van der Waals surface area (Å²) in [5.41, 5.74) is 2.33. The van der Waals surface area contributed by atoms with Gasteiger partial charge in [-0.2, -0.15) is 0 Å². The molecule has 3 aliphatic heterocycles. The number of carbonyl (C=O) groups excluding carboxylic acids is 1. The van der Waals surface area contributed by atoms with Crippen molar-refractivity contribution in [2.45, 2.75) is 70.8 Å². The van der Waals surface area contributed by atoms with E-state index in [0.29, 0.717) is 18.2 Å². The molecule has 2 saturated heterocycles. The van der Waals surface area contributed by atoms with E-state index >= 15 is 0 Å². The van der Waals surface area contributed by atoms with E-state index in [4.69, 9.17) is 4.98 Å². The van der Waals surface area contributed by atoms with Crippen LogP contribution in [0.25, 0.3) is 0 Å². The highest BCUT2D eigenvalue weighted by Crippen LogP contribution is 2.38. The van der Waals surface area contributed by atoms with Crippen LogP contribution in [0.3, 0.4) is 0 Å². The smallest absolute Gasteiger partial charge is 0.226 e. The Morgan fingerprint density at radius 3 is 2.66 bits per heavy atom. The summed E-state index contributed by atoms with van der Waals surface area (Å²) in [7, 11) is 0. The molecular formula is C24H35N7O. The van der Waals surface area contributed by atoms with E-state index in [1.54, 1.807) is 6.33 Å². The van der Waals surface area contributed by atoms with Crippen LogP contribution in [0.15, 0.2) is 12.5 Å². The second-order valence-electron chi connectivity index (χ2n) is 9.60. The highest BCUT2D eigenvalue weighted by atomic mass is 16.1. The number of piperidine rings is 1. The first kappa shape index (κ1) is 21.4. The van der Waals surface area contributed by atoms with Gasteiger partial charge in [0, 0.05) is 50.3 Å². The molecule has 1 N–H and O–H groups in total. The average Bonchev–Trinajstić information content (AvgIpc) is 3.15. The van der Waals surface area contributed by atoms with Crippen molar-refractivity contribution < 1.29 is 4.79 Å². The van der Waals surface area contributed by atoms with Gasteiger partial charge in [-0.1, -0.05) is 20.3 Å². The predicted molar refractivity (Wildman–Crippen MR) is 125 cm³/mol. The largest absolute Gasteiger partial charge is 0.356 e. The number of fused-ring (bicyclic) bond motifs is 1. The molecule has 8 heteroatoms. The molecule has 32 heavy (non-hydrogen) atoms. The monoisotopic (exact) mass is 437 g/mol. The Hall–Kier alpha value is -2.48. The molecule has 5 heterocycles. The van der Waals surface area contributed by atoms with Crippen LogP contribution in [0, 0.1) is 0 Å². The Kier molecular flexibility index (Phi) is 6.13. The summed E-state index contributed by atoms with van der Waals surface area (Å²) in [6.07, 6.45) is 10.1. The second kappa shape index (κ2) is 9.17. The zero-order valence-corrected chi connectivity index (χ0v) is 19.4. The minimum Gasteiger partial charge on any atom is -0.356 e. The van der Waals surface area contributed by atoms with Crippen molar-refractivity contribution in [2.75, 3.05) is 42.9 Å². The molecule has 0 aromatic carbocycles. The molecule has 1 unspecified atom stereocenters. The minimum absolute atomic E-state index is 0.0429. The maximum Gasteiger partial charge on any atom is 0.226 e. The topological polar surface area (TPSA) is 79.2 Å². The number of nitrogens with one attached hydrogen (secondary N) is 1. The van der Waals surface area contributed by atoms with E-state index in [1.165, 1.54) is 31.0 Å². The lowest BCUT2D eigenvalue weighted by Crippen LogP contribution is -2.39. The van der Waals surface area contributed by atoms with Crippen LogP contribution in [0.4, 0.5) is 11.6 Å². The van der Waals surface area contributed by atoms with E-state index in [2.05, 4.69) is 49.7 Å². The Labute approximate surface area is 190 Å². The van der Waals surface area contributed by atoms with E-state index in [9.17, 15) is 4.79 Å². The van der Waals surface area contributed by atoms with Crippen LogP contribution in [0.5, 0.6) is 0 Å². The number of amides is 1. The van der Waals surface area contributed by atoms with Gasteiger partial charge < -0.3 is 19.7 Å². The third-order valence-corrected chi connectivity index (χ3v) is 7.23. The summed E-state index contributed by atoms with van der Waals surface area (Å²) in [5, 5.41) is 2.93. The third kappa shape index (κ3) is 4.25. The number of hydrogen-bond donors (Lipinski definition) is 1. The van der Waals surface area contributed by atoms with Crippen molar-refractivity contribution in [3.63, 3.8) is 0 Å². The molecule has 0 radical (unpaired) electrons. The standard InChI is InChI=1S/C24H35N7O/c1-3-5-19-15-31(13-12-29-8-4-9-29)23(27-19)18-6-10-30(11-7-18)24-21-17(2)14-20(32)28-22(21)25-16-26-24/h15-18H,3-14H2,1-2H3,(H,25,26,28,32). The van der Waals surface area contributed by atoms with Crippen molar-refractivity contribution in [1.82, 2.24) is 24.4 Å². The summed E-state index contributed by atoms with van der Waals surface area (Å²) >= 11 is 0. The van der Waals surface area contributed by atoms with Gasteiger partial charge >= 0.3 is 0 Å². The van der Waals surface area contributed by atoms with Gasteiger partial charge in [-0.15, -0.1) is 0 Å². The van der Waals surface area contributed by atoms with Crippen LogP contribution in [-0.4, -0.2) is 63.0 Å². The van der Waals surface area contributed by atoms with Gasteiger partial charge in [0.15, 0.2) is 0 Å². The molecule has 0 spiro atoms. The number of anilines is 2. The van der Waals surface area contributed by atoms with E-state index in [0.717, 1.165) is 63.2 Å². The molecule has 0 aliphatic carbocycles. The molecule has 0 bridgehead atoms. The van der Waals surface area contributed by atoms with Crippen LogP contribution in [0.1, 0.15) is 74.9 Å². The van der Waals surface area contributed by atoms with Crippen LogP contribution < -0.4 is 10.2 Å². The number of hydrogen-bond acceptors (Lipinski definition) is 6. The first-order valence-electron chi connectivity index (χ1n) is 12.3. The maximum atomic E-state index is 11.9. The number of aromatic nitrogens is 4. The molecule has 2 aromatic heterocycles. The SMILES string of the molecule is CCCc1cn(CCN2CCC2)c(C2CCN(c3ncnc4c3C(C)CC(=O)N4)CC2)n1. The average molecular weight is 438 g/mol. The predicted octanol–water partition coefficient (Wildman–Crippen LogP) is 3.16. The van der Waals surface area contributed by atoms with Gasteiger partial charge in [-0.25, -0.2) is 15.0 Å². The van der Waals surface area contributed by atoms with Crippen molar-refractivity contribution in [3.05, 3.63) is 29.6 Å². The molecule has 5 rings (SSSR count). The lowest BCUT2D eigenvalue weighted by molar-refractivity contribution is -0.116. The number of likely N-dealkylation sites (tertiary alicyclic amines) is 1. The van der Waals surface area contributed by atoms with Crippen molar-refractivity contribution in [2.24, 2.45) is 0 Å². The van der Waals surface area contributed by atoms with Crippen molar-refractivity contribution >= 4 is 17.5 Å². The van der Waals surface area contributed by atoms with Gasteiger partial charge in [-0.3, -0.25) is 4.79 Å². The molecule has 1 atom stereocenters. The van der Waals surface area contributed by atoms with E-state index < -0.39 is 0 Å². The number of imidazole rings is 1. The molecular weight excluding hydrogens is 402 g/mol. The van der Waals surface area contributed by atoms with Crippen LogP contribution in [-0.2, 0) is 17.8 Å². The van der Waals surface area contributed by atoms with Crippen LogP contribution in [0.2, 0.25) is 0 Å². The van der Waals surface area contributed by atoms with Gasteiger partial charge in [0.2, 0.25) is 5.91 Å². The summed E-state index contributed by atoms with van der Waals surface area (Å²) < 4.78 is 2.44. The maximum absolute atomic E-state index is 11.9. The number of aryl methyl sites for hydroxylation is 1. The lowest BCUT2D eigenvalue weighted by Gasteiger charge is -2.36. The molecule has 172 valence electrons. The lowest BCUT2D eigenvalue weighted by atomic mass is 9.92. The molecule has 1 amide bonds. The number of carbonyl (C=O) groups is 1. The zero-order valence-electron chi connectivity index (χ0n) is 19.4. The third-order valence-electron chi connectivity index (χ3n) is 7.23. The van der Waals surface area contributed by atoms with E-state index in [-0.39, 0.29) is 11.8 Å². The normalized spacial score (nSPS) is 21.9. The fraction of sp³-hybridized carbons (Fsp3) is 0.667. The Balaban J connectivity index is 1.30. The summed E-state index contributed by atoms with van der Waals surface area (Å²) in [4.78, 5) is 30.9. The highest BCUT2D eigenvalue weighted by Gasteiger charge is 2.31. The van der Waals surface area contributed by atoms with Crippen molar-refractivity contribution in [3.8, 4) is 0 Å². The molecule has 3 aliphatic rings. The van der Waals surface area contributed by atoms with Crippen molar-refractivity contribution in [1.29, 1.82) is 0 Å². The van der Waals surface area contributed by atoms with Gasteiger partial charge in [0.05, 0.1) is 5.69 Å². The van der Waals surface area contributed by atoms with Crippen LogP contribution >= 0.6 is 0 Å². The number of nitrogens with zero attached hydrogens (tertiary/aromatic N) is 6. The summed E-state index contributed by atoms with van der Waals surface area (Å²) in [6, 6.07) is 0. The first-order valence-corrected chi connectivity index (χ1v) is 12.3. The van der Waals surface area contributed by atoms with Gasteiger partial charge in [-0.05, 0) is 44.7 Å². The first-order chi connectivity index (χ1) is 15.6. The Bertz CT molecular complexity index is 959. The molecule has 0 saturated carbocycles. The van der Waals surface area contributed by atoms with Gasteiger partial charge in [0.25, 0.3) is 0 Å². The molecule has 2 aromatic rings. The van der Waals surface area contributed by atoms with E-state index in [1.807, 2.05) is 0 Å². The van der Waals surface area contributed by atoms with Gasteiger partial charge in [0.1, 0.15) is 23.8 Å². The second-order valence-corrected chi connectivity index (χ2v) is 9.60. The Morgan fingerprint density at radius 2 is 1.94 bits per heavy atom. The molecule has 8 nitrogen and oxygen atoms in total.